The van der Waals surface area contributed by atoms with Gasteiger partial charge >= 0.3 is 0 Å². The van der Waals surface area contributed by atoms with Gasteiger partial charge in [-0.3, -0.25) is 9.69 Å². The van der Waals surface area contributed by atoms with Gasteiger partial charge in [0.15, 0.2) is 5.58 Å². The highest BCUT2D eigenvalue weighted by Gasteiger charge is 2.34. The van der Waals surface area contributed by atoms with Crippen LogP contribution in [-0.4, -0.2) is 65.4 Å². The van der Waals surface area contributed by atoms with E-state index in [2.05, 4.69) is 22.2 Å². The van der Waals surface area contributed by atoms with E-state index in [4.69, 9.17) is 9.26 Å². The van der Waals surface area contributed by atoms with Crippen LogP contribution in [0.25, 0.3) is 11.0 Å². The highest BCUT2D eigenvalue weighted by molar-refractivity contribution is 5.86. The Morgan fingerprint density at radius 1 is 0.971 bits per heavy atom. The predicted molar refractivity (Wildman–Crippen MR) is 134 cm³/mol. The molecular formula is C28H35N3O4. The SMILES string of the molecule is O=C(Cc1noc2ccccc12)N1CCCCC2(CO)CCN(CC2)Cc2ccccc2OCC1. The van der Waals surface area contributed by atoms with Crippen molar-refractivity contribution >= 4 is 16.9 Å². The smallest absolute Gasteiger partial charge is 0.228 e. The molecule has 0 unspecified atom stereocenters. The number of carbonyl (C=O) groups is 1. The molecule has 0 atom stereocenters. The molecular weight excluding hydrogens is 442 g/mol. The van der Waals surface area contributed by atoms with Crippen LogP contribution in [0.15, 0.2) is 53.1 Å². The maximum absolute atomic E-state index is 13.3. The first-order valence-corrected chi connectivity index (χ1v) is 12.8. The van der Waals surface area contributed by atoms with E-state index in [0.29, 0.717) is 31.0 Å². The molecule has 3 aromatic rings. The summed E-state index contributed by atoms with van der Waals surface area (Å²) in [5.74, 6) is 0.922. The Morgan fingerprint density at radius 2 is 1.77 bits per heavy atom. The van der Waals surface area contributed by atoms with Gasteiger partial charge in [0.05, 0.1) is 13.0 Å². The monoisotopic (exact) mass is 477 g/mol. The number of aliphatic hydroxyl groups is 1. The van der Waals surface area contributed by atoms with Gasteiger partial charge in [-0.15, -0.1) is 0 Å². The molecule has 1 N–H and O–H groups in total. The standard InChI is InChI=1S/C28H35N3O4/c32-21-28-11-5-6-14-31(27(33)19-24-23-8-2-4-10-26(23)35-29-24)17-18-34-25-9-3-1-7-22(25)20-30(15-12-28)16-13-28/h1-4,7-10,32H,5-6,11-21H2. The van der Waals surface area contributed by atoms with Crippen LogP contribution >= 0.6 is 0 Å². The van der Waals surface area contributed by atoms with Gasteiger partial charge in [0.25, 0.3) is 0 Å². The second-order valence-electron chi connectivity index (χ2n) is 10.0. The third kappa shape index (κ3) is 5.52. The molecule has 4 heterocycles. The number of rotatable bonds is 3. The molecule has 0 saturated carbocycles. The zero-order chi connectivity index (χ0) is 24.1. The molecule has 7 heteroatoms. The summed E-state index contributed by atoms with van der Waals surface area (Å²) in [6, 6.07) is 15.8. The van der Waals surface area contributed by atoms with Gasteiger partial charge in [-0.2, -0.15) is 0 Å². The molecule has 0 spiro atoms. The maximum Gasteiger partial charge on any atom is 0.228 e. The van der Waals surface area contributed by atoms with Crippen molar-refractivity contribution in [3.05, 3.63) is 59.8 Å². The van der Waals surface area contributed by atoms with Crippen LogP contribution in [0, 0.1) is 5.41 Å². The van der Waals surface area contributed by atoms with Gasteiger partial charge in [-0.05, 0) is 62.4 Å². The van der Waals surface area contributed by atoms with Crippen molar-refractivity contribution in [3.8, 4) is 5.75 Å². The lowest BCUT2D eigenvalue weighted by Gasteiger charge is -2.41. The van der Waals surface area contributed by atoms with Crippen molar-refractivity contribution in [3.63, 3.8) is 0 Å². The normalized spacial score (nSPS) is 23.8. The third-order valence-electron chi connectivity index (χ3n) is 7.75. The van der Waals surface area contributed by atoms with E-state index >= 15 is 0 Å². The first-order valence-electron chi connectivity index (χ1n) is 12.8. The highest BCUT2D eigenvalue weighted by Crippen LogP contribution is 2.37. The zero-order valence-electron chi connectivity index (χ0n) is 20.3. The van der Waals surface area contributed by atoms with Crippen molar-refractivity contribution in [1.29, 1.82) is 0 Å². The minimum Gasteiger partial charge on any atom is -0.491 e. The lowest BCUT2D eigenvalue weighted by molar-refractivity contribution is -0.131. The molecule has 0 aliphatic carbocycles. The summed E-state index contributed by atoms with van der Waals surface area (Å²) in [5, 5.41) is 15.3. The fraction of sp³-hybridized carbons (Fsp3) is 0.500. The Kier molecular flexibility index (Phi) is 7.35. The second-order valence-corrected chi connectivity index (χ2v) is 10.0. The van der Waals surface area contributed by atoms with Crippen LogP contribution in [0.4, 0.5) is 0 Å². The van der Waals surface area contributed by atoms with Crippen LogP contribution in [-0.2, 0) is 17.8 Å². The number of carbonyl (C=O) groups excluding carboxylic acids is 1. The highest BCUT2D eigenvalue weighted by atomic mass is 16.5. The number of amides is 1. The summed E-state index contributed by atoms with van der Waals surface area (Å²) in [5.41, 5.74) is 2.55. The Balaban J connectivity index is 1.32. The van der Waals surface area contributed by atoms with Crippen molar-refractivity contribution in [2.45, 2.75) is 45.1 Å². The Labute approximate surface area is 206 Å². The van der Waals surface area contributed by atoms with E-state index in [0.717, 1.165) is 62.9 Å². The number of hydrogen-bond donors (Lipinski definition) is 1. The average Bonchev–Trinajstić information content (AvgIpc) is 3.29. The summed E-state index contributed by atoms with van der Waals surface area (Å²) in [6.45, 7) is 4.71. The van der Waals surface area contributed by atoms with E-state index in [9.17, 15) is 9.90 Å². The fourth-order valence-corrected chi connectivity index (χ4v) is 5.44. The van der Waals surface area contributed by atoms with Gasteiger partial charge in [0.2, 0.25) is 5.91 Å². The summed E-state index contributed by atoms with van der Waals surface area (Å²) >= 11 is 0. The second kappa shape index (κ2) is 10.8. The zero-order valence-corrected chi connectivity index (χ0v) is 20.3. The molecule has 3 aliphatic heterocycles. The van der Waals surface area contributed by atoms with Crippen molar-refractivity contribution in [1.82, 2.24) is 15.0 Å². The average molecular weight is 478 g/mol. The summed E-state index contributed by atoms with van der Waals surface area (Å²) in [6.07, 6.45) is 5.14. The molecule has 3 aliphatic rings. The van der Waals surface area contributed by atoms with Gasteiger partial charge in [-0.1, -0.05) is 41.9 Å². The molecule has 35 heavy (non-hydrogen) atoms. The number of nitrogens with zero attached hydrogens (tertiary/aromatic N) is 3. The number of para-hydroxylation sites is 2. The first kappa shape index (κ1) is 23.8. The van der Waals surface area contributed by atoms with Crippen molar-refractivity contribution in [2.75, 3.05) is 39.4 Å². The molecule has 0 radical (unpaired) electrons. The molecule has 1 fully saturated rings. The van der Waals surface area contributed by atoms with Crippen LogP contribution < -0.4 is 4.74 Å². The topological polar surface area (TPSA) is 79.0 Å². The Bertz CT molecular complexity index is 1140. The Morgan fingerprint density at radius 3 is 2.63 bits per heavy atom. The van der Waals surface area contributed by atoms with Crippen molar-refractivity contribution in [2.24, 2.45) is 5.41 Å². The maximum atomic E-state index is 13.3. The van der Waals surface area contributed by atoms with Gasteiger partial charge in [0.1, 0.15) is 18.1 Å². The molecule has 7 nitrogen and oxygen atoms in total. The van der Waals surface area contributed by atoms with Crippen LogP contribution in [0.5, 0.6) is 5.75 Å². The summed E-state index contributed by atoms with van der Waals surface area (Å²) in [4.78, 5) is 17.7. The van der Waals surface area contributed by atoms with E-state index in [-0.39, 0.29) is 24.3 Å². The van der Waals surface area contributed by atoms with Gasteiger partial charge in [0, 0.05) is 30.6 Å². The molecule has 1 aromatic heterocycles. The fourth-order valence-electron chi connectivity index (χ4n) is 5.44. The molecule has 2 bridgehead atoms. The number of benzene rings is 2. The van der Waals surface area contributed by atoms with Crippen LogP contribution in [0.2, 0.25) is 0 Å². The third-order valence-corrected chi connectivity index (χ3v) is 7.75. The van der Waals surface area contributed by atoms with E-state index in [1.807, 2.05) is 41.3 Å². The lowest BCUT2D eigenvalue weighted by atomic mass is 9.75. The first-order chi connectivity index (χ1) is 17.2. The number of aliphatic hydroxyl groups excluding tert-OH is 1. The number of ether oxygens (including phenoxy) is 1. The quantitative estimate of drug-likeness (QED) is 0.614. The minimum atomic E-state index is 0.00116. The van der Waals surface area contributed by atoms with E-state index in [1.165, 1.54) is 5.56 Å². The molecule has 1 saturated heterocycles. The Hall–Kier alpha value is -2.90. The van der Waals surface area contributed by atoms with Crippen LogP contribution in [0.3, 0.4) is 0 Å². The molecule has 2 aromatic carbocycles. The van der Waals surface area contributed by atoms with E-state index in [1.54, 1.807) is 0 Å². The summed E-state index contributed by atoms with van der Waals surface area (Å²) in [7, 11) is 0. The number of hydrogen-bond acceptors (Lipinski definition) is 6. The molecule has 186 valence electrons. The number of piperidine rings is 1. The molecule has 1 amide bonds. The number of aromatic nitrogens is 1. The molecule has 6 rings (SSSR count). The largest absolute Gasteiger partial charge is 0.491 e. The predicted octanol–water partition coefficient (Wildman–Crippen LogP) is 4.04. The van der Waals surface area contributed by atoms with Crippen LogP contribution in [0.1, 0.15) is 43.4 Å². The minimum absolute atomic E-state index is 0.00116. The van der Waals surface area contributed by atoms with Crippen molar-refractivity contribution < 1.29 is 19.2 Å². The van der Waals surface area contributed by atoms with E-state index < -0.39 is 0 Å². The van der Waals surface area contributed by atoms with Gasteiger partial charge in [-0.25, -0.2) is 0 Å². The van der Waals surface area contributed by atoms with Gasteiger partial charge < -0.3 is 19.3 Å². The summed E-state index contributed by atoms with van der Waals surface area (Å²) < 4.78 is 11.6. The number of fused-ring (bicyclic) bond motifs is 10. The lowest BCUT2D eigenvalue weighted by Crippen LogP contribution is -2.41.